The van der Waals surface area contributed by atoms with Crippen molar-refractivity contribution in [1.82, 2.24) is 15.3 Å². The summed E-state index contributed by atoms with van der Waals surface area (Å²) < 4.78 is 5.18. The number of aromatic nitrogens is 2. The number of hydrogen-bond donors (Lipinski definition) is 2. The number of imidazole rings is 1. The van der Waals surface area contributed by atoms with E-state index in [1.54, 1.807) is 13.4 Å². The monoisotopic (exact) mass is 257 g/mol. The minimum absolute atomic E-state index is 0.621. The first kappa shape index (κ1) is 12.2. The zero-order valence-electron chi connectivity index (χ0n) is 11.1. The molecule has 0 atom stereocenters. The molecule has 100 valence electrons. The van der Waals surface area contributed by atoms with E-state index in [1.807, 2.05) is 18.3 Å². The molecular weight excluding hydrogens is 238 g/mol. The summed E-state index contributed by atoms with van der Waals surface area (Å²) in [5.74, 6) is 1.61. The Morgan fingerprint density at radius 2 is 2.11 bits per heavy atom. The third-order valence-electron chi connectivity index (χ3n) is 3.86. The van der Waals surface area contributed by atoms with Crippen LogP contribution in [0.2, 0.25) is 0 Å². The first-order valence-electron chi connectivity index (χ1n) is 6.69. The van der Waals surface area contributed by atoms with Crippen LogP contribution >= 0.6 is 0 Å². The number of ether oxygens (including phenoxy) is 1. The Kier molecular flexibility index (Phi) is 3.51. The summed E-state index contributed by atoms with van der Waals surface area (Å²) in [5.41, 5.74) is 2.56. The standard InChI is InChI=1S/C15H19N3O/c1-19-15-4-2-11(3-5-15)12-6-13(7-12)17-9-14-8-16-10-18-14/h2-5,8,10,12-13,17H,6-7,9H2,1H3,(H,16,18). The van der Waals surface area contributed by atoms with Gasteiger partial charge in [0.15, 0.2) is 0 Å². The number of nitrogens with zero attached hydrogens (tertiary/aromatic N) is 1. The van der Waals surface area contributed by atoms with E-state index < -0.39 is 0 Å². The third-order valence-corrected chi connectivity index (χ3v) is 3.86. The zero-order chi connectivity index (χ0) is 13.1. The summed E-state index contributed by atoms with van der Waals surface area (Å²) in [6.45, 7) is 0.875. The summed E-state index contributed by atoms with van der Waals surface area (Å²) in [7, 11) is 1.70. The number of rotatable bonds is 5. The molecule has 1 aromatic heterocycles. The third kappa shape index (κ3) is 2.79. The van der Waals surface area contributed by atoms with Crippen molar-refractivity contribution in [2.24, 2.45) is 0 Å². The molecule has 1 aliphatic rings. The maximum absolute atomic E-state index is 5.18. The molecule has 0 bridgehead atoms. The van der Waals surface area contributed by atoms with E-state index in [1.165, 1.54) is 18.4 Å². The Bertz CT molecular complexity index is 501. The summed E-state index contributed by atoms with van der Waals surface area (Å²) in [4.78, 5) is 7.12. The van der Waals surface area contributed by atoms with Crippen LogP contribution in [0.25, 0.3) is 0 Å². The maximum Gasteiger partial charge on any atom is 0.118 e. The van der Waals surface area contributed by atoms with Crippen LogP contribution in [-0.4, -0.2) is 23.1 Å². The second-order valence-corrected chi connectivity index (χ2v) is 5.10. The molecule has 1 saturated carbocycles. The van der Waals surface area contributed by atoms with Crippen molar-refractivity contribution in [1.29, 1.82) is 0 Å². The Morgan fingerprint density at radius 3 is 2.74 bits per heavy atom. The van der Waals surface area contributed by atoms with Crippen LogP contribution in [0.5, 0.6) is 5.75 Å². The van der Waals surface area contributed by atoms with Crippen molar-refractivity contribution in [3.8, 4) is 5.75 Å². The lowest BCUT2D eigenvalue weighted by Crippen LogP contribution is -2.39. The molecule has 3 rings (SSSR count). The van der Waals surface area contributed by atoms with Gasteiger partial charge in [-0.15, -0.1) is 0 Å². The molecule has 19 heavy (non-hydrogen) atoms. The van der Waals surface area contributed by atoms with Gasteiger partial charge in [0.25, 0.3) is 0 Å². The van der Waals surface area contributed by atoms with E-state index in [2.05, 4.69) is 27.4 Å². The van der Waals surface area contributed by atoms with Crippen LogP contribution in [0.3, 0.4) is 0 Å². The van der Waals surface area contributed by atoms with Crippen LogP contribution in [0.4, 0.5) is 0 Å². The summed E-state index contributed by atoms with van der Waals surface area (Å²) >= 11 is 0. The molecule has 1 aliphatic carbocycles. The number of hydrogen-bond acceptors (Lipinski definition) is 3. The summed E-state index contributed by atoms with van der Waals surface area (Å²) in [5, 5.41) is 3.55. The number of H-pyrrole nitrogens is 1. The second kappa shape index (κ2) is 5.45. The van der Waals surface area contributed by atoms with Gasteiger partial charge in [-0.1, -0.05) is 12.1 Å². The van der Waals surface area contributed by atoms with Crippen molar-refractivity contribution in [2.75, 3.05) is 7.11 Å². The largest absolute Gasteiger partial charge is 0.497 e. The van der Waals surface area contributed by atoms with Gasteiger partial charge in [0.2, 0.25) is 0 Å². The van der Waals surface area contributed by atoms with Gasteiger partial charge in [0.05, 0.1) is 13.4 Å². The molecule has 2 aromatic rings. The molecule has 1 fully saturated rings. The fraction of sp³-hybridized carbons (Fsp3) is 0.400. The second-order valence-electron chi connectivity index (χ2n) is 5.10. The van der Waals surface area contributed by atoms with Gasteiger partial charge in [-0.25, -0.2) is 4.98 Å². The van der Waals surface area contributed by atoms with Crippen molar-refractivity contribution in [2.45, 2.75) is 31.3 Å². The first-order chi connectivity index (χ1) is 9.35. The van der Waals surface area contributed by atoms with Crippen LogP contribution < -0.4 is 10.1 Å². The molecule has 0 saturated heterocycles. The van der Waals surface area contributed by atoms with E-state index in [0.29, 0.717) is 12.0 Å². The Hall–Kier alpha value is -1.81. The molecule has 0 amide bonds. The van der Waals surface area contributed by atoms with Gasteiger partial charge >= 0.3 is 0 Å². The quantitative estimate of drug-likeness (QED) is 0.865. The van der Waals surface area contributed by atoms with Crippen molar-refractivity contribution < 1.29 is 4.74 Å². The fourth-order valence-corrected chi connectivity index (χ4v) is 2.57. The van der Waals surface area contributed by atoms with E-state index in [9.17, 15) is 0 Å². The van der Waals surface area contributed by atoms with Gasteiger partial charge in [-0.3, -0.25) is 0 Å². The van der Waals surface area contributed by atoms with E-state index in [0.717, 1.165) is 18.0 Å². The highest BCUT2D eigenvalue weighted by Crippen LogP contribution is 2.37. The zero-order valence-corrected chi connectivity index (χ0v) is 11.1. The molecule has 0 aliphatic heterocycles. The Labute approximate surface area is 113 Å². The summed E-state index contributed by atoms with van der Waals surface area (Å²) in [6.07, 6.45) is 6.01. The lowest BCUT2D eigenvalue weighted by atomic mass is 9.76. The highest BCUT2D eigenvalue weighted by atomic mass is 16.5. The highest BCUT2D eigenvalue weighted by molar-refractivity contribution is 5.30. The average Bonchev–Trinajstić information content (AvgIpc) is 2.91. The van der Waals surface area contributed by atoms with Gasteiger partial charge in [0, 0.05) is 24.5 Å². The van der Waals surface area contributed by atoms with Crippen molar-refractivity contribution >= 4 is 0 Å². The van der Waals surface area contributed by atoms with Crippen molar-refractivity contribution in [3.63, 3.8) is 0 Å². The van der Waals surface area contributed by atoms with E-state index in [-0.39, 0.29) is 0 Å². The molecule has 2 N–H and O–H groups in total. The molecule has 1 heterocycles. The first-order valence-corrected chi connectivity index (χ1v) is 6.69. The van der Waals surface area contributed by atoms with Gasteiger partial charge in [0.1, 0.15) is 5.75 Å². The maximum atomic E-state index is 5.18. The lowest BCUT2D eigenvalue weighted by molar-refractivity contribution is 0.288. The predicted octanol–water partition coefficient (Wildman–Crippen LogP) is 2.45. The van der Waals surface area contributed by atoms with Gasteiger partial charge < -0.3 is 15.0 Å². The minimum Gasteiger partial charge on any atom is -0.497 e. The van der Waals surface area contributed by atoms with Crippen LogP contribution in [0.15, 0.2) is 36.8 Å². The van der Waals surface area contributed by atoms with E-state index in [4.69, 9.17) is 4.74 Å². The number of nitrogens with one attached hydrogen (secondary N) is 2. The Morgan fingerprint density at radius 1 is 1.32 bits per heavy atom. The molecule has 1 aromatic carbocycles. The average molecular weight is 257 g/mol. The van der Waals surface area contributed by atoms with Crippen LogP contribution in [0.1, 0.15) is 30.0 Å². The van der Waals surface area contributed by atoms with Crippen LogP contribution in [0, 0.1) is 0 Å². The predicted molar refractivity (Wildman–Crippen MR) is 74.2 cm³/mol. The van der Waals surface area contributed by atoms with Gasteiger partial charge in [-0.05, 0) is 36.5 Å². The highest BCUT2D eigenvalue weighted by Gasteiger charge is 2.29. The summed E-state index contributed by atoms with van der Waals surface area (Å²) in [6, 6.07) is 9.06. The molecule has 0 spiro atoms. The number of benzene rings is 1. The van der Waals surface area contributed by atoms with Crippen LogP contribution in [-0.2, 0) is 6.54 Å². The SMILES string of the molecule is COc1ccc(C2CC(NCc3cnc[nH]3)C2)cc1. The molecule has 4 heteroatoms. The number of aromatic amines is 1. The molecule has 0 unspecified atom stereocenters. The fourth-order valence-electron chi connectivity index (χ4n) is 2.57. The van der Waals surface area contributed by atoms with Crippen molar-refractivity contribution in [3.05, 3.63) is 48.0 Å². The normalized spacial score (nSPS) is 21.9. The minimum atomic E-state index is 0.621. The smallest absolute Gasteiger partial charge is 0.118 e. The molecule has 4 nitrogen and oxygen atoms in total. The molecular formula is C15H19N3O. The van der Waals surface area contributed by atoms with Gasteiger partial charge in [-0.2, -0.15) is 0 Å². The topological polar surface area (TPSA) is 49.9 Å². The lowest BCUT2D eigenvalue weighted by Gasteiger charge is -2.36. The van der Waals surface area contributed by atoms with E-state index >= 15 is 0 Å². The Balaban J connectivity index is 1.46. The number of methoxy groups -OCH3 is 1. The molecule has 0 radical (unpaired) electrons.